The summed E-state index contributed by atoms with van der Waals surface area (Å²) in [5.41, 5.74) is 0.566. The van der Waals surface area contributed by atoms with Crippen LogP contribution in [0.1, 0.15) is 32.1 Å². The Morgan fingerprint density at radius 2 is 1.77 bits per heavy atom. The second-order valence-corrected chi connectivity index (χ2v) is 4.83. The van der Waals surface area contributed by atoms with Gasteiger partial charge in [0.25, 0.3) is 0 Å². The zero-order valence-corrected chi connectivity index (χ0v) is 9.40. The van der Waals surface area contributed by atoms with Crippen LogP contribution in [0.25, 0.3) is 0 Å². The lowest BCUT2D eigenvalue weighted by Crippen LogP contribution is -2.42. The van der Waals surface area contributed by atoms with Crippen LogP contribution >= 0.6 is 0 Å². The zero-order valence-electron chi connectivity index (χ0n) is 9.40. The average Bonchev–Trinajstić information content (AvgIpc) is 2.04. The van der Waals surface area contributed by atoms with Crippen molar-refractivity contribution in [1.82, 2.24) is 10.2 Å². The molecule has 2 nitrogen and oxygen atoms in total. The van der Waals surface area contributed by atoms with Gasteiger partial charge in [-0.15, -0.1) is 0 Å². The Balaban J connectivity index is 2.50. The molecule has 13 heavy (non-hydrogen) atoms. The van der Waals surface area contributed by atoms with Gasteiger partial charge in [-0.25, -0.2) is 0 Å². The molecule has 1 saturated carbocycles. The molecule has 0 aromatic heterocycles. The highest BCUT2D eigenvalue weighted by molar-refractivity contribution is 4.86. The minimum Gasteiger partial charge on any atom is -0.319 e. The van der Waals surface area contributed by atoms with Crippen LogP contribution in [0.5, 0.6) is 0 Å². The van der Waals surface area contributed by atoms with Crippen molar-refractivity contribution in [2.45, 2.75) is 32.1 Å². The lowest BCUT2D eigenvalue weighted by atomic mass is 9.73. The van der Waals surface area contributed by atoms with Gasteiger partial charge in [0.05, 0.1) is 0 Å². The molecule has 0 unspecified atom stereocenters. The lowest BCUT2D eigenvalue weighted by molar-refractivity contribution is 0.133. The minimum atomic E-state index is 0.566. The Labute approximate surface area is 82.7 Å². The summed E-state index contributed by atoms with van der Waals surface area (Å²) < 4.78 is 0. The molecule has 0 aromatic carbocycles. The highest BCUT2D eigenvalue weighted by Gasteiger charge is 2.31. The Bertz CT molecular complexity index is 132. The minimum absolute atomic E-state index is 0.566. The molecule has 2 heteroatoms. The van der Waals surface area contributed by atoms with Crippen LogP contribution < -0.4 is 5.32 Å². The summed E-state index contributed by atoms with van der Waals surface area (Å²) in [5.74, 6) is 0. The van der Waals surface area contributed by atoms with Crippen molar-refractivity contribution >= 4 is 0 Å². The standard InChI is InChI=1S/C11H24N2/c1-12-9-11(10-13(2)3)7-5-4-6-8-11/h12H,4-10H2,1-3H3. The molecule has 0 bridgehead atoms. The van der Waals surface area contributed by atoms with Crippen LogP contribution in [0.15, 0.2) is 0 Å². The molecule has 1 fully saturated rings. The molecule has 0 aliphatic heterocycles. The van der Waals surface area contributed by atoms with E-state index in [1.54, 1.807) is 0 Å². The van der Waals surface area contributed by atoms with Crippen LogP contribution in [0.4, 0.5) is 0 Å². The van der Waals surface area contributed by atoms with Crippen molar-refractivity contribution in [2.24, 2.45) is 5.41 Å². The van der Waals surface area contributed by atoms with Gasteiger partial charge in [0.15, 0.2) is 0 Å². The summed E-state index contributed by atoms with van der Waals surface area (Å²) in [6.45, 7) is 2.43. The van der Waals surface area contributed by atoms with Gasteiger partial charge in [0.1, 0.15) is 0 Å². The first-order valence-electron chi connectivity index (χ1n) is 5.48. The third-order valence-electron chi connectivity index (χ3n) is 3.12. The molecule has 1 aliphatic carbocycles. The summed E-state index contributed by atoms with van der Waals surface area (Å²) in [6.07, 6.45) is 7.11. The van der Waals surface area contributed by atoms with Gasteiger partial charge in [-0.2, -0.15) is 0 Å². The van der Waals surface area contributed by atoms with Gasteiger partial charge in [0, 0.05) is 13.1 Å². The van der Waals surface area contributed by atoms with Crippen molar-refractivity contribution in [2.75, 3.05) is 34.2 Å². The lowest BCUT2D eigenvalue weighted by Gasteiger charge is -2.39. The average molecular weight is 184 g/mol. The summed E-state index contributed by atoms with van der Waals surface area (Å²) in [6, 6.07) is 0. The molecular formula is C11H24N2. The van der Waals surface area contributed by atoms with E-state index in [9.17, 15) is 0 Å². The van der Waals surface area contributed by atoms with Crippen molar-refractivity contribution in [3.8, 4) is 0 Å². The molecular weight excluding hydrogens is 160 g/mol. The molecule has 0 atom stereocenters. The van der Waals surface area contributed by atoms with E-state index in [1.807, 2.05) is 0 Å². The van der Waals surface area contributed by atoms with E-state index >= 15 is 0 Å². The van der Waals surface area contributed by atoms with Crippen molar-refractivity contribution in [1.29, 1.82) is 0 Å². The first-order valence-corrected chi connectivity index (χ1v) is 5.48. The first-order chi connectivity index (χ1) is 6.18. The van der Waals surface area contributed by atoms with E-state index in [4.69, 9.17) is 0 Å². The monoisotopic (exact) mass is 184 g/mol. The van der Waals surface area contributed by atoms with E-state index in [0.717, 1.165) is 0 Å². The summed E-state index contributed by atoms with van der Waals surface area (Å²) in [5, 5.41) is 3.36. The number of rotatable bonds is 4. The molecule has 1 rings (SSSR count). The second kappa shape index (κ2) is 4.97. The Hall–Kier alpha value is -0.0800. The van der Waals surface area contributed by atoms with Crippen LogP contribution in [0.2, 0.25) is 0 Å². The SMILES string of the molecule is CNCC1(CN(C)C)CCCCC1. The fourth-order valence-corrected chi connectivity index (χ4v) is 2.74. The van der Waals surface area contributed by atoms with Crippen LogP contribution in [0.3, 0.4) is 0 Å². The van der Waals surface area contributed by atoms with E-state index in [0.29, 0.717) is 5.41 Å². The van der Waals surface area contributed by atoms with Crippen molar-refractivity contribution in [3.63, 3.8) is 0 Å². The highest BCUT2D eigenvalue weighted by atomic mass is 15.1. The molecule has 0 radical (unpaired) electrons. The Kier molecular flexibility index (Phi) is 4.20. The fourth-order valence-electron chi connectivity index (χ4n) is 2.74. The van der Waals surface area contributed by atoms with E-state index in [-0.39, 0.29) is 0 Å². The maximum absolute atomic E-state index is 3.36. The van der Waals surface area contributed by atoms with Gasteiger partial charge in [-0.1, -0.05) is 19.3 Å². The third kappa shape index (κ3) is 3.28. The topological polar surface area (TPSA) is 15.3 Å². The second-order valence-electron chi connectivity index (χ2n) is 4.83. The fraction of sp³-hybridized carbons (Fsp3) is 1.00. The smallest absolute Gasteiger partial charge is 0.00440 e. The van der Waals surface area contributed by atoms with Gasteiger partial charge >= 0.3 is 0 Å². The molecule has 0 heterocycles. The number of hydrogen-bond acceptors (Lipinski definition) is 2. The summed E-state index contributed by atoms with van der Waals surface area (Å²) in [4.78, 5) is 2.34. The highest BCUT2D eigenvalue weighted by Crippen LogP contribution is 2.35. The van der Waals surface area contributed by atoms with Crippen LogP contribution in [-0.2, 0) is 0 Å². The quantitative estimate of drug-likeness (QED) is 0.715. The molecule has 0 amide bonds. The van der Waals surface area contributed by atoms with E-state index < -0.39 is 0 Å². The first kappa shape index (κ1) is 11.0. The normalized spacial score (nSPS) is 22.2. The number of nitrogens with one attached hydrogen (secondary N) is 1. The van der Waals surface area contributed by atoms with Gasteiger partial charge in [-0.3, -0.25) is 0 Å². The van der Waals surface area contributed by atoms with E-state index in [1.165, 1.54) is 45.2 Å². The van der Waals surface area contributed by atoms with E-state index in [2.05, 4.69) is 31.4 Å². The third-order valence-corrected chi connectivity index (χ3v) is 3.12. The Morgan fingerprint density at radius 3 is 2.23 bits per heavy atom. The van der Waals surface area contributed by atoms with Crippen LogP contribution in [0, 0.1) is 5.41 Å². The zero-order chi connectivity index (χ0) is 9.73. The molecule has 0 aromatic rings. The molecule has 0 spiro atoms. The largest absolute Gasteiger partial charge is 0.319 e. The maximum atomic E-state index is 3.36. The number of hydrogen-bond donors (Lipinski definition) is 1. The van der Waals surface area contributed by atoms with Crippen molar-refractivity contribution < 1.29 is 0 Å². The molecule has 0 saturated heterocycles. The van der Waals surface area contributed by atoms with Crippen molar-refractivity contribution in [3.05, 3.63) is 0 Å². The summed E-state index contributed by atoms with van der Waals surface area (Å²) >= 11 is 0. The number of nitrogens with zero attached hydrogens (tertiary/aromatic N) is 1. The molecule has 1 aliphatic rings. The maximum Gasteiger partial charge on any atom is 0.00440 e. The molecule has 78 valence electrons. The van der Waals surface area contributed by atoms with Gasteiger partial charge in [0.2, 0.25) is 0 Å². The van der Waals surface area contributed by atoms with Crippen LogP contribution in [-0.4, -0.2) is 39.1 Å². The van der Waals surface area contributed by atoms with Gasteiger partial charge in [-0.05, 0) is 39.4 Å². The Morgan fingerprint density at radius 1 is 1.15 bits per heavy atom. The van der Waals surface area contributed by atoms with Gasteiger partial charge < -0.3 is 10.2 Å². The predicted molar refractivity (Wildman–Crippen MR) is 58.0 cm³/mol. The summed E-state index contributed by atoms with van der Waals surface area (Å²) in [7, 11) is 6.45. The molecule has 1 N–H and O–H groups in total. The predicted octanol–water partition coefficient (Wildman–Crippen LogP) is 1.72.